The van der Waals surface area contributed by atoms with Gasteiger partial charge >= 0.3 is 12.2 Å². The van der Waals surface area contributed by atoms with Crippen molar-refractivity contribution in [3.05, 3.63) is 77.5 Å². The third kappa shape index (κ3) is 4.94. The van der Waals surface area contributed by atoms with Crippen LogP contribution in [0.4, 0.5) is 9.59 Å². The Morgan fingerprint density at radius 1 is 0.875 bits per heavy atom. The van der Waals surface area contributed by atoms with Crippen molar-refractivity contribution >= 4 is 34.9 Å². The second-order valence-corrected chi connectivity index (χ2v) is 9.45. The Morgan fingerprint density at radius 2 is 1.57 bits per heavy atom. The van der Waals surface area contributed by atoms with Gasteiger partial charge < -0.3 is 33.7 Å². The highest BCUT2D eigenvalue weighted by Gasteiger charge is 2.34. The van der Waals surface area contributed by atoms with Crippen LogP contribution in [0.3, 0.4) is 0 Å². The van der Waals surface area contributed by atoms with Crippen LogP contribution in [0, 0.1) is 0 Å². The molecule has 0 bridgehead atoms. The number of aromatic nitrogens is 1. The SMILES string of the molecule is COc1ccc2[nH]c(-c3ccccc3)c(/C=C3\Oc4cc(OC(=O)N(C)C)cc(OC(=O)N(C)C)c4C3=O)c2c1. The van der Waals surface area contributed by atoms with Gasteiger partial charge in [0, 0.05) is 56.8 Å². The van der Waals surface area contributed by atoms with Gasteiger partial charge in [-0.25, -0.2) is 9.59 Å². The first-order chi connectivity index (χ1) is 19.2. The van der Waals surface area contributed by atoms with Crippen molar-refractivity contribution in [3.8, 4) is 34.3 Å². The Morgan fingerprint density at radius 3 is 2.25 bits per heavy atom. The fraction of sp³-hybridized carbons (Fsp3) is 0.167. The van der Waals surface area contributed by atoms with Crippen molar-refractivity contribution in [3.63, 3.8) is 0 Å². The molecular weight excluding hydrogens is 514 g/mol. The third-order valence-electron chi connectivity index (χ3n) is 6.23. The van der Waals surface area contributed by atoms with Gasteiger partial charge in [0.2, 0.25) is 5.78 Å². The molecule has 0 saturated heterocycles. The number of benzene rings is 3. The van der Waals surface area contributed by atoms with E-state index in [2.05, 4.69) is 4.98 Å². The Labute approximate surface area is 230 Å². The molecule has 4 aromatic rings. The van der Waals surface area contributed by atoms with Gasteiger partial charge in [-0.15, -0.1) is 0 Å². The minimum absolute atomic E-state index is 0.00846. The van der Waals surface area contributed by atoms with Crippen molar-refractivity contribution in [1.29, 1.82) is 0 Å². The molecule has 0 fully saturated rings. The van der Waals surface area contributed by atoms with Gasteiger partial charge in [-0.2, -0.15) is 0 Å². The predicted octanol–water partition coefficient (Wildman–Crippen LogP) is 5.58. The zero-order chi connectivity index (χ0) is 28.6. The molecule has 40 heavy (non-hydrogen) atoms. The molecule has 0 spiro atoms. The molecule has 10 nitrogen and oxygen atoms in total. The second kappa shape index (κ2) is 10.5. The highest BCUT2D eigenvalue weighted by Crippen LogP contribution is 2.43. The van der Waals surface area contributed by atoms with Gasteiger partial charge in [-0.05, 0) is 29.8 Å². The van der Waals surface area contributed by atoms with Crippen molar-refractivity contribution in [2.45, 2.75) is 0 Å². The smallest absolute Gasteiger partial charge is 0.414 e. The molecule has 2 heterocycles. The summed E-state index contributed by atoms with van der Waals surface area (Å²) < 4.78 is 22.3. The van der Waals surface area contributed by atoms with E-state index in [0.29, 0.717) is 11.3 Å². The maximum Gasteiger partial charge on any atom is 0.414 e. The number of hydrogen-bond donors (Lipinski definition) is 1. The van der Waals surface area contributed by atoms with Crippen LogP contribution < -0.4 is 18.9 Å². The first-order valence-corrected chi connectivity index (χ1v) is 12.3. The summed E-state index contributed by atoms with van der Waals surface area (Å²) in [6, 6.07) is 18.0. The number of nitrogens with one attached hydrogen (secondary N) is 1. The molecule has 2 amide bonds. The summed E-state index contributed by atoms with van der Waals surface area (Å²) >= 11 is 0. The number of hydrogen-bond acceptors (Lipinski definition) is 7. The maximum atomic E-state index is 13.7. The standard InChI is InChI=1S/C30H27N3O7/c1-32(2)29(35)38-19-14-23-26(24(15-19)40-30(36)33(3)4)28(34)25(39-23)16-21-20-13-18(37-5)11-12-22(20)31-27(21)17-9-7-6-8-10-17/h6-16,31H,1-5H3/b25-16-. The van der Waals surface area contributed by atoms with E-state index in [9.17, 15) is 14.4 Å². The van der Waals surface area contributed by atoms with Gasteiger partial charge in [0.25, 0.3) is 0 Å². The number of carbonyl (C=O) groups excluding carboxylic acids is 3. The van der Waals surface area contributed by atoms with Gasteiger partial charge in [0.1, 0.15) is 22.8 Å². The number of ketones is 1. The van der Waals surface area contributed by atoms with Gasteiger partial charge in [-0.3, -0.25) is 4.79 Å². The highest BCUT2D eigenvalue weighted by molar-refractivity contribution is 6.17. The number of ether oxygens (including phenoxy) is 4. The summed E-state index contributed by atoms with van der Waals surface area (Å²) in [6.45, 7) is 0. The van der Waals surface area contributed by atoms with Gasteiger partial charge in [-0.1, -0.05) is 30.3 Å². The highest BCUT2D eigenvalue weighted by atomic mass is 16.6. The number of Topliss-reactive ketones (excluding diaryl/α,β-unsaturated/α-hetero) is 1. The van der Waals surface area contributed by atoms with E-state index in [1.54, 1.807) is 13.2 Å². The molecule has 0 atom stereocenters. The van der Waals surface area contributed by atoms with Crippen LogP contribution in [0.1, 0.15) is 15.9 Å². The summed E-state index contributed by atoms with van der Waals surface area (Å²) in [5.41, 5.74) is 3.29. The number of methoxy groups -OCH3 is 1. The van der Waals surface area contributed by atoms with Gasteiger partial charge in [0.15, 0.2) is 11.5 Å². The lowest BCUT2D eigenvalue weighted by atomic mass is 10.0. The number of amides is 2. The predicted molar refractivity (Wildman–Crippen MR) is 149 cm³/mol. The summed E-state index contributed by atoms with van der Waals surface area (Å²) in [5, 5.41) is 0.818. The zero-order valence-electron chi connectivity index (χ0n) is 22.6. The molecule has 1 aliphatic heterocycles. The first-order valence-electron chi connectivity index (χ1n) is 12.3. The molecule has 204 valence electrons. The summed E-state index contributed by atoms with van der Waals surface area (Å²) in [4.78, 5) is 44.2. The van der Waals surface area contributed by atoms with Crippen LogP contribution in [-0.2, 0) is 0 Å². The van der Waals surface area contributed by atoms with E-state index in [1.807, 2.05) is 48.5 Å². The quantitative estimate of drug-likeness (QED) is 0.329. The lowest BCUT2D eigenvalue weighted by Crippen LogP contribution is -2.26. The van der Waals surface area contributed by atoms with Crippen molar-refractivity contribution in [2.24, 2.45) is 0 Å². The van der Waals surface area contributed by atoms with E-state index >= 15 is 0 Å². The Hall–Kier alpha value is -5.25. The molecule has 0 unspecified atom stereocenters. The average Bonchev–Trinajstić information content (AvgIpc) is 3.45. The molecule has 1 N–H and O–H groups in total. The number of fused-ring (bicyclic) bond motifs is 2. The lowest BCUT2D eigenvalue weighted by Gasteiger charge is -2.15. The Kier molecular flexibility index (Phi) is 6.91. The summed E-state index contributed by atoms with van der Waals surface area (Å²) in [7, 11) is 7.67. The number of carbonyl (C=O) groups is 3. The molecule has 0 aliphatic carbocycles. The number of aromatic amines is 1. The monoisotopic (exact) mass is 541 g/mol. The molecule has 0 radical (unpaired) electrons. The lowest BCUT2D eigenvalue weighted by molar-refractivity contribution is 0.101. The fourth-order valence-corrected chi connectivity index (χ4v) is 4.20. The molecule has 1 aliphatic rings. The van der Waals surface area contributed by atoms with Crippen LogP contribution in [0.2, 0.25) is 0 Å². The van der Waals surface area contributed by atoms with E-state index < -0.39 is 18.0 Å². The number of rotatable bonds is 5. The number of allylic oxidation sites excluding steroid dienone is 1. The second-order valence-electron chi connectivity index (χ2n) is 9.45. The van der Waals surface area contributed by atoms with Crippen molar-refractivity contribution < 1.29 is 33.3 Å². The summed E-state index contributed by atoms with van der Waals surface area (Å²) in [5.74, 6) is 0.232. The molecular formula is C30H27N3O7. The van der Waals surface area contributed by atoms with E-state index in [-0.39, 0.29) is 28.6 Å². The normalized spacial score (nSPS) is 13.1. The largest absolute Gasteiger partial charge is 0.497 e. The van der Waals surface area contributed by atoms with Crippen LogP contribution >= 0.6 is 0 Å². The molecule has 0 saturated carbocycles. The molecule has 3 aromatic carbocycles. The molecule has 1 aromatic heterocycles. The Balaban J connectivity index is 1.64. The topological polar surface area (TPSA) is 110 Å². The molecule has 5 rings (SSSR count). The van der Waals surface area contributed by atoms with Crippen LogP contribution in [0.25, 0.3) is 28.2 Å². The van der Waals surface area contributed by atoms with E-state index in [0.717, 1.165) is 22.2 Å². The van der Waals surface area contributed by atoms with Crippen LogP contribution in [-0.4, -0.2) is 68.1 Å². The van der Waals surface area contributed by atoms with E-state index in [1.165, 1.54) is 50.1 Å². The number of H-pyrrole nitrogens is 1. The maximum absolute atomic E-state index is 13.7. The van der Waals surface area contributed by atoms with Crippen LogP contribution in [0.15, 0.2) is 66.4 Å². The zero-order valence-corrected chi connectivity index (χ0v) is 22.6. The molecule has 10 heteroatoms. The fourth-order valence-electron chi connectivity index (χ4n) is 4.20. The Bertz CT molecular complexity index is 1670. The van der Waals surface area contributed by atoms with Gasteiger partial charge in [0.05, 0.1) is 12.8 Å². The van der Waals surface area contributed by atoms with Crippen LogP contribution in [0.5, 0.6) is 23.0 Å². The van der Waals surface area contributed by atoms with Crippen molar-refractivity contribution in [1.82, 2.24) is 14.8 Å². The first kappa shape index (κ1) is 26.4. The third-order valence-corrected chi connectivity index (χ3v) is 6.23. The van der Waals surface area contributed by atoms with Crippen molar-refractivity contribution in [2.75, 3.05) is 35.3 Å². The minimum Gasteiger partial charge on any atom is -0.497 e. The van der Waals surface area contributed by atoms with E-state index in [4.69, 9.17) is 18.9 Å². The minimum atomic E-state index is -0.710. The number of nitrogens with zero attached hydrogens (tertiary/aromatic N) is 2. The average molecular weight is 542 g/mol. The summed E-state index contributed by atoms with van der Waals surface area (Å²) in [6.07, 6.45) is 0.287.